The van der Waals surface area contributed by atoms with E-state index in [2.05, 4.69) is 22.4 Å². The topological polar surface area (TPSA) is 53.1 Å². The van der Waals surface area contributed by atoms with Gasteiger partial charge in [0.05, 0.1) is 0 Å². The van der Waals surface area contributed by atoms with Crippen molar-refractivity contribution in [1.82, 2.24) is 4.90 Å². The number of benzene rings is 1. The fraction of sp³-hybridized carbons (Fsp3) is 0.267. The van der Waals surface area contributed by atoms with Crippen molar-refractivity contribution >= 4 is 17.2 Å². The molecule has 0 atom stereocenters. The molecule has 1 aliphatic rings. The molecule has 0 amide bonds. The molecular weight excluding hydrogens is 254 g/mol. The van der Waals surface area contributed by atoms with Crippen LogP contribution in [-0.4, -0.2) is 17.3 Å². The summed E-state index contributed by atoms with van der Waals surface area (Å²) in [4.78, 5) is 3.95. The molecule has 3 rings (SSSR count). The maximum atomic E-state index is 7.65. The van der Waals surface area contributed by atoms with E-state index in [4.69, 9.17) is 11.1 Å². The van der Waals surface area contributed by atoms with E-state index in [1.54, 1.807) is 0 Å². The van der Waals surface area contributed by atoms with Crippen LogP contribution in [0.5, 0.6) is 0 Å². The van der Waals surface area contributed by atoms with Crippen molar-refractivity contribution in [1.29, 1.82) is 5.41 Å². The molecule has 19 heavy (non-hydrogen) atoms. The van der Waals surface area contributed by atoms with Gasteiger partial charge >= 0.3 is 0 Å². The van der Waals surface area contributed by atoms with Gasteiger partial charge in [-0.15, -0.1) is 11.3 Å². The summed E-state index contributed by atoms with van der Waals surface area (Å²) < 4.78 is 0. The number of nitrogens with one attached hydrogen (secondary N) is 1. The van der Waals surface area contributed by atoms with Gasteiger partial charge in [0.15, 0.2) is 0 Å². The smallest absolute Gasteiger partial charge is 0.123 e. The van der Waals surface area contributed by atoms with E-state index in [1.807, 2.05) is 29.5 Å². The molecule has 0 fully saturated rings. The molecule has 2 heterocycles. The quantitative estimate of drug-likeness (QED) is 0.666. The summed E-state index contributed by atoms with van der Waals surface area (Å²) in [7, 11) is 0. The third kappa shape index (κ3) is 2.55. The Labute approximate surface area is 117 Å². The van der Waals surface area contributed by atoms with Crippen molar-refractivity contribution in [2.45, 2.75) is 19.5 Å². The van der Waals surface area contributed by atoms with Crippen LogP contribution in [0.4, 0.5) is 0 Å². The first-order chi connectivity index (χ1) is 9.24. The van der Waals surface area contributed by atoms with E-state index in [0.29, 0.717) is 0 Å². The van der Waals surface area contributed by atoms with Gasteiger partial charge in [-0.25, -0.2) is 0 Å². The van der Waals surface area contributed by atoms with Gasteiger partial charge in [-0.2, -0.15) is 0 Å². The number of nitrogens with two attached hydrogens (primary N) is 1. The second-order valence-corrected chi connectivity index (χ2v) is 5.90. The number of rotatable bonds is 3. The predicted octanol–water partition coefficient (Wildman–Crippen LogP) is 2.59. The molecule has 0 radical (unpaired) electrons. The Balaban J connectivity index is 1.78. The highest BCUT2D eigenvalue weighted by Gasteiger charge is 2.18. The largest absolute Gasteiger partial charge is 0.384 e. The fourth-order valence-electron chi connectivity index (χ4n) is 2.60. The van der Waals surface area contributed by atoms with E-state index in [9.17, 15) is 0 Å². The van der Waals surface area contributed by atoms with Gasteiger partial charge in [-0.05, 0) is 29.0 Å². The molecule has 1 aromatic carbocycles. The standard InChI is InChI=1S/C15H17N3S/c16-15(17)13-4-2-1-3-11(13)9-18-7-5-14-12(10-18)6-8-19-14/h1-4,6,8H,5,7,9-10H2,(H3,16,17). The minimum atomic E-state index is 0.156. The number of hydrogen-bond acceptors (Lipinski definition) is 3. The number of amidine groups is 1. The average Bonchev–Trinajstić information content (AvgIpc) is 2.86. The van der Waals surface area contributed by atoms with Gasteiger partial charge in [-0.1, -0.05) is 24.3 Å². The van der Waals surface area contributed by atoms with Crippen LogP contribution in [0.25, 0.3) is 0 Å². The summed E-state index contributed by atoms with van der Waals surface area (Å²) in [6.45, 7) is 2.95. The first-order valence-electron chi connectivity index (χ1n) is 6.44. The molecular formula is C15H17N3S. The van der Waals surface area contributed by atoms with Gasteiger partial charge in [0.2, 0.25) is 0 Å². The third-order valence-electron chi connectivity index (χ3n) is 3.59. The monoisotopic (exact) mass is 271 g/mol. The molecule has 0 unspecified atom stereocenters. The summed E-state index contributed by atoms with van der Waals surface area (Å²) in [6, 6.07) is 10.2. The Morgan fingerprint density at radius 2 is 2.16 bits per heavy atom. The van der Waals surface area contributed by atoms with E-state index >= 15 is 0 Å². The number of nitrogen functional groups attached to an aromatic ring is 1. The summed E-state index contributed by atoms with van der Waals surface area (Å²) in [5, 5.41) is 9.83. The lowest BCUT2D eigenvalue weighted by atomic mass is 10.0. The maximum absolute atomic E-state index is 7.65. The highest BCUT2D eigenvalue weighted by molar-refractivity contribution is 7.10. The molecule has 1 aliphatic heterocycles. The zero-order chi connectivity index (χ0) is 13.2. The summed E-state index contributed by atoms with van der Waals surface area (Å²) >= 11 is 1.86. The van der Waals surface area contributed by atoms with Crippen molar-refractivity contribution in [3.63, 3.8) is 0 Å². The molecule has 2 aromatic rings. The minimum Gasteiger partial charge on any atom is -0.384 e. The molecule has 0 bridgehead atoms. The third-order valence-corrected chi connectivity index (χ3v) is 4.61. The molecule has 0 saturated heterocycles. The van der Waals surface area contributed by atoms with E-state index in [1.165, 1.54) is 10.4 Å². The summed E-state index contributed by atoms with van der Waals surface area (Å²) in [5.74, 6) is 0.156. The van der Waals surface area contributed by atoms with Gasteiger partial charge in [0.1, 0.15) is 5.84 Å². The predicted molar refractivity (Wildman–Crippen MR) is 79.6 cm³/mol. The zero-order valence-electron chi connectivity index (χ0n) is 10.7. The Morgan fingerprint density at radius 1 is 1.32 bits per heavy atom. The lowest BCUT2D eigenvalue weighted by Crippen LogP contribution is -2.30. The van der Waals surface area contributed by atoms with E-state index in [0.717, 1.165) is 37.2 Å². The Hall–Kier alpha value is -1.65. The van der Waals surface area contributed by atoms with Gasteiger partial charge in [-0.3, -0.25) is 10.3 Å². The zero-order valence-corrected chi connectivity index (χ0v) is 11.5. The van der Waals surface area contributed by atoms with Crippen molar-refractivity contribution in [3.05, 3.63) is 57.3 Å². The first kappa shape index (κ1) is 12.4. The van der Waals surface area contributed by atoms with Crippen LogP contribution in [0, 0.1) is 5.41 Å². The highest BCUT2D eigenvalue weighted by Crippen LogP contribution is 2.25. The van der Waals surface area contributed by atoms with Gasteiger partial charge in [0.25, 0.3) is 0 Å². The van der Waals surface area contributed by atoms with Crippen molar-refractivity contribution in [2.24, 2.45) is 5.73 Å². The normalized spacial score (nSPS) is 15.2. The number of thiophene rings is 1. The van der Waals surface area contributed by atoms with Crippen LogP contribution in [-0.2, 0) is 19.5 Å². The van der Waals surface area contributed by atoms with Crippen LogP contribution in [0.1, 0.15) is 21.6 Å². The number of nitrogens with zero attached hydrogens (tertiary/aromatic N) is 1. The van der Waals surface area contributed by atoms with Gasteiger partial charge < -0.3 is 5.73 Å². The number of hydrogen-bond donors (Lipinski definition) is 2. The molecule has 0 spiro atoms. The molecule has 1 aromatic heterocycles. The van der Waals surface area contributed by atoms with Crippen molar-refractivity contribution < 1.29 is 0 Å². The molecule has 4 heteroatoms. The molecule has 0 aliphatic carbocycles. The van der Waals surface area contributed by atoms with Crippen LogP contribution in [0.2, 0.25) is 0 Å². The SMILES string of the molecule is N=C(N)c1ccccc1CN1CCc2sccc2C1. The molecule has 3 N–H and O–H groups in total. The first-order valence-corrected chi connectivity index (χ1v) is 7.32. The second kappa shape index (κ2) is 5.15. The second-order valence-electron chi connectivity index (χ2n) is 4.90. The lowest BCUT2D eigenvalue weighted by molar-refractivity contribution is 0.247. The van der Waals surface area contributed by atoms with Gasteiger partial charge in [0, 0.05) is 30.1 Å². The molecule has 0 saturated carbocycles. The van der Waals surface area contributed by atoms with Crippen LogP contribution < -0.4 is 5.73 Å². The van der Waals surface area contributed by atoms with E-state index in [-0.39, 0.29) is 5.84 Å². The Bertz CT molecular complexity index is 603. The Morgan fingerprint density at radius 3 is 3.00 bits per heavy atom. The summed E-state index contributed by atoms with van der Waals surface area (Å²) in [6.07, 6.45) is 1.13. The lowest BCUT2D eigenvalue weighted by Gasteiger charge is -2.27. The van der Waals surface area contributed by atoms with Crippen LogP contribution in [0.15, 0.2) is 35.7 Å². The fourth-order valence-corrected chi connectivity index (χ4v) is 3.49. The Kier molecular flexibility index (Phi) is 3.36. The number of fused-ring (bicyclic) bond motifs is 1. The van der Waals surface area contributed by atoms with Crippen molar-refractivity contribution in [3.8, 4) is 0 Å². The maximum Gasteiger partial charge on any atom is 0.123 e. The summed E-state index contributed by atoms with van der Waals surface area (Å²) in [5.41, 5.74) is 9.11. The van der Waals surface area contributed by atoms with E-state index < -0.39 is 0 Å². The highest BCUT2D eigenvalue weighted by atomic mass is 32.1. The molecule has 98 valence electrons. The molecule has 3 nitrogen and oxygen atoms in total. The minimum absolute atomic E-state index is 0.156. The van der Waals surface area contributed by atoms with Crippen LogP contribution in [0.3, 0.4) is 0 Å². The average molecular weight is 271 g/mol. The van der Waals surface area contributed by atoms with Crippen LogP contribution >= 0.6 is 11.3 Å². The van der Waals surface area contributed by atoms with Crippen molar-refractivity contribution in [2.75, 3.05) is 6.54 Å².